The number of carbonyl (C=O) groups is 1. The van der Waals surface area contributed by atoms with E-state index in [2.05, 4.69) is 4.98 Å². The molecule has 1 aliphatic heterocycles. The molecular weight excluding hydrogens is 428 g/mol. The molecule has 2 aromatic heterocycles. The number of halogens is 1. The molecule has 0 saturated heterocycles. The number of benzene rings is 1. The van der Waals surface area contributed by atoms with E-state index in [9.17, 15) is 9.59 Å². The monoisotopic (exact) mass is 446 g/mol. The summed E-state index contributed by atoms with van der Waals surface area (Å²) in [5.41, 5.74) is 3.35. The predicted molar refractivity (Wildman–Crippen MR) is 114 cm³/mol. The Kier molecular flexibility index (Phi) is 5.90. The maximum absolute atomic E-state index is 12.5. The van der Waals surface area contributed by atoms with Crippen molar-refractivity contribution >= 4 is 28.7 Å². The van der Waals surface area contributed by atoms with Gasteiger partial charge in [-0.05, 0) is 13.0 Å². The summed E-state index contributed by atoms with van der Waals surface area (Å²) in [6.45, 7) is 2.39. The average molecular weight is 447 g/mol. The summed E-state index contributed by atoms with van der Waals surface area (Å²) in [7, 11) is 1.63. The quantitative estimate of drug-likeness (QED) is 0.400. The lowest BCUT2D eigenvalue weighted by Crippen LogP contribution is -2.27. The minimum absolute atomic E-state index is 0.0928. The molecule has 0 fully saturated rings. The number of rotatable bonds is 7. The molecular formula is C21H19ClN2O5S. The van der Waals surface area contributed by atoms with E-state index in [0.717, 1.165) is 6.42 Å². The molecule has 0 saturated carbocycles. The number of nitrogens with zero attached hydrogens (tertiary/aromatic N) is 2. The first-order valence-electron chi connectivity index (χ1n) is 9.27. The van der Waals surface area contributed by atoms with Gasteiger partial charge in [-0.2, -0.15) is 0 Å². The number of carbonyl (C=O) groups excluding carboxylic acids is 1. The summed E-state index contributed by atoms with van der Waals surface area (Å²) in [6, 6.07) is 4.86. The Bertz CT molecular complexity index is 1140. The van der Waals surface area contributed by atoms with E-state index in [1.54, 1.807) is 29.3 Å². The van der Waals surface area contributed by atoms with Crippen LogP contribution in [0.5, 0.6) is 11.5 Å². The van der Waals surface area contributed by atoms with Gasteiger partial charge in [0, 0.05) is 49.4 Å². The van der Waals surface area contributed by atoms with Gasteiger partial charge in [0.2, 0.25) is 6.23 Å². The third-order valence-electron chi connectivity index (χ3n) is 4.72. The predicted octanol–water partition coefficient (Wildman–Crippen LogP) is 4.18. The van der Waals surface area contributed by atoms with Gasteiger partial charge in [-0.3, -0.25) is 9.59 Å². The van der Waals surface area contributed by atoms with Crippen LogP contribution in [0.25, 0.3) is 11.3 Å². The summed E-state index contributed by atoms with van der Waals surface area (Å²) in [6.07, 6.45) is 1.62. The molecule has 0 aliphatic carbocycles. The molecule has 0 radical (unpaired) electrons. The number of thiazole rings is 1. The molecule has 3 aromatic rings. The molecule has 7 nitrogen and oxygen atoms in total. The van der Waals surface area contributed by atoms with Crippen LogP contribution in [0.4, 0.5) is 0 Å². The Balaban J connectivity index is 1.81. The van der Waals surface area contributed by atoms with E-state index in [0.29, 0.717) is 46.7 Å². The first-order valence-corrected chi connectivity index (χ1v) is 10.6. The molecule has 3 heterocycles. The molecule has 0 bridgehead atoms. The normalized spacial score (nSPS) is 14.6. The maximum atomic E-state index is 12.5. The van der Waals surface area contributed by atoms with Gasteiger partial charge in [0.25, 0.3) is 0 Å². The Morgan fingerprint density at radius 3 is 2.87 bits per heavy atom. The number of Topliss-reactive ketones (excluding diaryl/α,β-unsaturated/α-hetero) is 1. The fourth-order valence-corrected chi connectivity index (χ4v) is 4.05. The van der Waals surface area contributed by atoms with E-state index in [1.165, 1.54) is 30.5 Å². The van der Waals surface area contributed by atoms with Crippen molar-refractivity contribution in [3.8, 4) is 22.8 Å². The summed E-state index contributed by atoms with van der Waals surface area (Å²) in [5, 5.41) is 2.26. The number of hydrogen-bond donors (Lipinski definition) is 0. The van der Waals surface area contributed by atoms with Crippen LogP contribution in [0.15, 0.2) is 40.1 Å². The van der Waals surface area contributed by atoms with Crippen molar-refractivity contribution in [3.05, 3.63) is 61.8 Å². The van der Waals surface area contributed by atoms with Crippen LogP contribution in [0.2, 0.25) is 5.02 Å². The average Bonchev–Trinajstić information content (AvgIpc) is 3.25. The zero-order valence-corrected chi connectivity index (χ0v) is 18.0. The molecule has 4 rings (SSSR count). The van der Waals surface area contributed by atoms with Gasteiger partial charge in [0.1, 0.15) is 17.2 Å². The number of methoxy groups -OCH3 is 1. The highest BCUT2D eigenvalue weighted by molar-refractivity contribution is 7.07. The zero-order valence-electron chi connectivity index (χ0n) is 16.4. The molecule has 1 aromatic carbocycles. The highest BCUT2D eigenvalue weighted by Gasteiger charge is 2.30. The Hall–Kier alpha value is -2.68. The van der Waals surface area contributed by atoms with Gasteiger partial charge in [0.15, 0.2) is 11.2 Å². The topological polar surface area (TPSA) is 79.7 Å². The van der Waals surface area contributed by atoms with Crippen molar-refractivity contribution in [2.75, 3.05) is 20.3 Å². The smallest absolute Gasteiger partial charge is 0.220 e. The van der Waals surface area contributed by atoms with Crippen molar-refractivity contribution in [3.63, 3.8) is 0 Å². The van der Waals surface area contributed by atoms with Crippen molar-refractivity contribution in [2.45, 2.75) is 19.6 Å². The molecule has 0 N–H and O–H groups in total. The van der Waals surface area contributed by atoms with Crippen LogP contribution in [-0.2, 0) is 4.74 Å². The number of aromatic nitrogens is 2. The molecule has 0 spiro atoms. The molecule has 1 unspecified atom stereocenters. The lowest BCUT2D eigenvalue weighted by atomic mass is 10.0. The SMILES string of the molecule is COCCCOc1cc2c(cc1Cl)-c1cc(=O)c(C(C)=O)cn1C(c1cscn1)O2. The van der Waals surface area contributed by atoms with Crippen molar-refractivity contribution in [1.82, 2.24) is 9.55 Å². The molecule has 1 aliphatic rings. The van der Waals surface area contributed by atoms with Crippen molar-refractivity contribution < 1.29 is 19.0 Å². The molecule has 156 valence electrons. The number of ketones is 1. The number of pyridine rings is 1. The fourth-order valence-electron chi connectivity index (χ4n) is 3.28. The van der Waals surface area contributed by atoms with Gasteiger partial charge < -0.3 is 18.8 Å². The highest BCUT2D eigenvalue weighted by Crippen LogP contribution is 2.44. The van der Waals surface area contributed by atoms with Gasteiger partial charge >= 0.3 is 0 Å². The Morgan fingerprint density at radius 1 is 1.33 bits per heavy atom. The van der Waals surface area contributed by atoms with Gasteiger partial charge in [-0.25, -0.2) is 4.98 Å². The highest BCUT2D eigenvalue weighted by atomic mass is 35.5. The molecule has 9 heteroatoms. The summed E-state index contributed by atoms with van der Waals surface area (Å²) in [5.74, 6) is 0.699. The van der Waals surface area contributed by atoms with Crippen LogP contribution in [-0.4, -0.2) is 35.7 Å². The van der Waals surface area contributed by atoms with Crippen molar-refractivity contribution in [2.24, 2.45) is 0 Å². The number of ether oxygens (including phenoxy) is 3. The van der Waals surface area contributed by atoms with Crippen LogP contribution in [0.3, 0.4) is 0 Å². The zero-order chi connectivity index (χ0) is 21.3. The van der Waals surface area contributed by atoms with Crippen molar-refractivity contribution in [1.29, 1.82) is 0 Å². The van der Waals surface area contributed by atoms with E-state index < -0.39 is 6.23 Å². The third-order valence-corrected chi connectivity index (χ3v) is 5.62. The third kappa shape index (κ3) is 3.86. The molecule has 30 heavy (non-hydrogen) atoms. The van der Waals surface area contributed by atoms with Gasteiger partial charge in [-0.15, -0.1) is 11.3 Å². The lowest BCUT2D eigenvalue weighted by Gasteiger charge is -2.31. The second-order valence-electron chi connectivity index (χ2n) is 6.76. The standard InChI is InChI=1S/C21H19ClN2O5S/c1-12(25)14-9-24-17(7-18(14)26)13-6-15(22)20(28-5-3-4-27-2)8-19(13)29-21(24)16-10-30-11-23-16/h6-11,21H,3-5H2,1-2H3. The van der Waals surface area contributed by atoms with E-state index >= 15 is 0 Å². The number of fused-ring (bicyclic) bond motifs is 3. The minimum atomic E-state index is -0.625. The Morgan fingerprint density at radius 2 is 2.17 bits per heavy atom. The summed E-state index contributed by atoms with van der Waals surface area (Å²) in [4.78, 5) is 28.8. The van der Waals surface area contributed by atoms with E-state index in [-0.39, 0.29) is 16.8 Å². The summed E-state index contributed by atoms with van der Waals surface area (Å²) < 4.78 is 18.8. The second kappa shape index (κ2) is 8.59. The number of hydrogen-bond acceptors (Lipinski definition) is 7. The van der Waals surface area contributed by atoms with Crippen LogP contribution >= 0.6 is 22.9 Å². The minimum Gasteiger partial charge on any atom is -0.492 e. The largest absolute Gasteiger partial charge is 0.492 e. The first-order chi connectivity index (χ1) is 14.5. The maximum Gasteiger partial charge on any atom is 0.220 e. The molecule has 1 atom stereocenters. The second-order valence-corrected chi connectivity index (χ2v) is 7.88. The van der Waals surface area contributed by atoms with Gasteiger partial charge in [0.05, 0.1) is 28.4 Å². The molecule has 0 amide bonds. The van der Waals surface area contributed by atoms with Crippen LogP contribution in [0.1, 0.15) is 35.6 Å². The lowest BCUT2D eigenvalue weighted by molar-refractivity contribution is 0.101. The summed E-state index contributed by atoms with van der Waals surface area (Å²) >= 11 is 7.87. The fraction of sp³-hybridized carbons (Fsp3) is 0.286. The van der Waals surface area contributed by atoms with Crippen LogP contribution < -0.4 is 14.9 Å². The Labute approximate surface area is 181 Å². The first kappa shape index (κ1) is 20.6. The van der Waals surface area contributed by atoms with Crippen LogP contribution in [0, 0.1) is 0 Å². The van der Waals surface area contributed by atoms with Gasteiger partial charge in [-0.1, -0.05) is 11.6 Å². The van der Waals surface area contributed by atoms with E-state index in [1.807, 2.05) is 5.38 Å². The van der Waals surface area contributed by atoms with E-state index in [4.69, 9.17) is 25.8 Å².